The van der Waals surface area contributed by atoms with Crippen LogP contribution in [0.15, 0.2) is 42.5 Å². The van der Waals surface area contributed by atoms with Crippen LogP contribution in [0.25, 0.3) is 0 Å². The predicted octanol–water partition coefficient (Wildman–Crippen LogP) is 3.72. The molecule has 0 aliphatic rings. The van der Waals surface area contributed by atoms with Crippen LogP contribution in [0.5, 0.6) is 0 Å². The maximum absolute atomic E-state index is 12.3. The van der Waals surface area contributed by atoms with Crippen molar-refractivity contribution in [1.29, 1.82) is 0 Å². The number of carbonyl (C=O) groups is 1. The summed E-state index contributed by atoms with van der Waals surface area (Å²) in [5.41, 5.74) is 8.72. The van der Waals surface area contributed by atoms with Crippen LogP contribution in [0.4, 0.5) is 5.69 Å². The minimum absolute atomic E-state index is 0.130. The lowest BCUT2D eigenvalue weighted by atomic mass is 10.1. The van der Waals surface area contributed by atoms with Crippen molar-refractivity contribution in [3.05, 3.63) is 64.2 Å². The Hall–Kier alpha value is -2.00. The van der Waals surface area contributed by atoms with E-state index in [1.165, 1.54) is 0 Å². The Morgan fingerprint density at radius 1 is 1.25 bits per heavy atom. The topological polar surface area (TPSA) is 55.1 Å². The summed E-state index contributed by atoms with van der Waals surface area (Å²) < 4.78 is 0. The van der Waals surface area contributed by atoms with Crippen LogP contribution in [0, 0.1) is 6.92 Å². The Kier molecular flexibility index (Phi) is 4.30. The SMILES string of the molecule is Cc1cc(N)ccc1C(=O)NC(C)c1ccccc1Cl. The van der Waals surface area contributed by atoms with E-state index >= 15 is 0 Å². The molecule has 1 amide bonds. The number of nitrogens with two attached hydrogens (primary N) is 1. The molecule has 2 aromatic carbocycles. The maximum atomic E-state index is 12.3. The fraction of sp³-hybridized carbons (Fsp3) is 0.188. The summed E-state index contributed by atoms with van der Waals surface area (Å²) >= 11 is 6.13. The molecule has 20 heavy (non-hydrogen) atoms. The molecule has 3 nitrogen and oxygen atoms in total. The van der Waals surface area contributed by atoms with Gasteiger partial charge in [0.05, 0.1) is 6.04 Å². The first-order valence-corrected chi connectivity index (χ1v) is 6.78. The van der Waals surface area contributed by atoms with Crippen LogP contribution in [-0.4, -0.2) is 5.91 Å². The molecule has 1 unspecified atom stereocenters. The van der Waals surface area contributed by atoms with E-state index in [0.717, 1.165) is 11.1 Å². The van der Waals surface area contributed by atoms with Gasteiger partial charge in [0, 0.05) is 16.3 Å². The molecule has 0 saturated heterocycles. The van der Waals surface area contributed by atoms with Gasteiger partial charge in [-0.15, -0.1) is 0 Å². The fourth-order valence-electron chi connectivity index (χ4n) is 2.12. The smallest absolute Gasteiger partial charge is 0.252 e. The third kappa shape index (κ3) is 3.11. The van der Waals surface area contributed by atoms with Gasteiger partial charge in [-0.2, -0.15) is 0 Å². The zero-order valence-corrected chi connectivity index (χ0v) is 12.2. The van der Waals surface area contributed by atoms with Crippen LogP contribution in [0.1, 0.15) is 34.5 Å². The normalized spacial score (nSPS) is 11.9. The second-order valence-corrected chi connectivity index (χ2v) is 5.20. The largest absolute Gasteiger partial charge is 0.399 e. The van der Waals surface area contributed by atoms with Crippen LogP contribution in [-0.2, 0) is 0 Å². The number of nitrogen functional groups attached to an aromatic ring is 1. The van der Waals surface area contributed by atoms with E-state index in [-0.39, 0.29) is 11.9 Å². The number of nitrogens with one attached hydrogen (secondary N) is 1. The molecule has 0 aliphatic carbocycles. The summed E-state index contributed by atoms with van der Waals surface area (Å²) in [6, 6.07) is 12.6. The molecule has 2 aromatic rings. The van der Waals surface area contributed by atoms with E-state index < -0.39 is 0 Å². The van der Waals surface area contributed by atoms with Gasteiger partial charge in [0.1, 0.15) is 0 Å². The number of rotatable bonds is 3. The number of hydrogen-bond acceptors (Lipinski definition) is 2. The van der Waals surface area contributed by atoms with Crippen molar-refractivity contribution in [3.63, 3.8) is 0 Å². The maximum Gasteiger partial charge on any atom is 0.252 e. The van der Waals surface area contributed by atoms with Crippen LogP contribution < -0.4 is 11.1 Å². The Morgan fingerprint density at radius 3 is 2.60 bits per heavy atom. The third-order valence-electron chi connectivity index (χ3n) is 3.21. The van der Waals surface area contributed by atoms with Gasteiger partial charge in [-0.3, -0.25) is 4.79 Å². The third-order valence-corrected chi connectivity index (χ3v) is 3.56. The number of hydrogen-bond donors (Lipinski definition) is 2. The highest BCUT2D eigenvalue weighted by Gasteiger charge is 2.15. The number of amides is 1. The molecule has 0 saturated carbocycles. The summed E-state index contributed by atoms with van der Waals surface area (Å²) in [6.45, 7) is 3.77. The molecular formula is C16H17ClN2O. The van der Waals surface area contributed by atoms with Gasteiger partial charge in [0.15, 0.2) is 0 Å². The molecule has 2 rings (SSSR count). The van der Waals surface area contributed by atoms with E-state index in [2.05, 4.69) is 5.32 Å². The molecule has 0 spiro atoms. The Bertz CT molecular complexity index is 640. The molecule has 0 aromatic heterocycles. The number of halogens is 1. The summed E-state index contributed by atoms with van der Waals surface area (Å²) in [7, 11) is 0. The molecule has 1 atom stereocenters. The van der Waals surface area contributed by atoms with Gasteiger partial charge in [0.25, 0.3) is 5.91 Å². The van der Waals surface area contributed by atoms with Crippen molar-refractivity contribution in [3.8, 4) is 0 Å². The van der Waals surface area contributed by atoms with Gasteiger partial charge < -0.3 is 11.1 Å². The molecular weight excluding hydrogens is 272 g/mol. The fourth-order valence-corrected chi connectivity index (χ4v) is 2.42. The highest BCUT2D eigenvalue weighted by atomic mass is 35.5. The van der Waals surface area contributed by atoms with E-state index in [9.17, 15) is 4.79 Å². The molecule has 0 bridgehead atoms. The zero-order chi connectivity index (χ0) is 14.7. The van der Waals surface area contributed by atoms with Crippen molar-refractivity contribution in [1.82, 2.24) is 5.32 Å². The van der Waals surface area contributed by atoms with E-state index in [4.69, 9.17) is 17.3 Å². The highest BCUT2D eigenvalue weighted by molar-refractivity contribution is 6.31. The predicted molar refractivity (Wildman–Crippen MR) is 82.9 cm³/mol. The first-order valence-electron chi connectivity index (χ1n) is 6.40. The average Bonchev–Trinajstić information content (AvgIpc) is 2.38. The lowest BCUT2D eigenvalue weighted by molar-refractivity contribution is 0.0939. The first kappa shape index (κ1) is 14.4. The lowest BCUT2D eigenvalue weighted by Crippen LogP contribution is -2.27. The van der Waals surface area contributed by atoms with Crippen molar-refractivity contribution < 1.29 is 4.79 Å². The average molecular weight is 289 g/mol. The number of aryl methyl sites for hydroxylation is 1. The van der Waals surface area contributed by atoms with Crippen molar-refractivity contribution in [2.75, 3.05) is 5.73 Å². The standard InChI is InChI=1S/C16H17ClN2O/c1-10-9-12(18)7-8-13(10)16(20)19-11(2)14-5-3-4-6-15(14)17/h3-9,11H,18H2,1-2H3,(H,19,20). The lowest BCUT2D eigenvalue weighted by Gasteiger charge is -2.16. The molecule has 0 aliphatic heterocycles. The van der Waals surface area contributed by atoms with Crippen LogP contribution in [0.2, 0.25) is 5.02 Å². The number of benzene rings is 2. The first-order chi connectivity index (χ1) is 9.49. The van der Waals surface area contributed by atoms with E-state index in [1.54, 1.807) is 18.2 Å². The summed E-state index contributed by atoms with van der Waals surface area (Å²) in [6.07, 6.45) is 0. The van der Waals surface area contributed by atoms with Crippen LogP contribution >= 0.6 is 11.6 Å². The minimum atomic E-state index is -0.159. The summed E-state index contributed by atoms with van der Waals surface area (Å²) in [5.74, 6) is -0.130. The summed E-state index contributed by atoms with van der Waals surface area (Å²) in [5, 5.41) is 3.60. The molecule has 104 valence electrons. The zero-order valence-electron chi connectivity index (χ0n) is 11.5. The molecule has 0 heterocycles. The van der Waals surface area contributed by atoms with Crippen molar-refractivity contribution in [2.24, 2.45) is 0 Å². The van der Waals surface area contributed by atoms with E-state index in [0.29, 0.717) is 16.3 Å². The Labute approximate surface area is 123 Å². The highest BCUT2D eigenvalue weighted by Crippen LogP contribution is 2.23. The quantitative estimate of drug-likeness (QED) is 0.846. The van der Waals surface area contributed by atoms with Crippen LogP contribution in [0.3, 0.4) is 0 Å². The van der Waals surface area contributed by atoms with Gasteiger partial charge in [-0.25, -0.2) is 0 Å². The number of carbonyl (C=O) groups excluding carboxylic acids is 1. The number of anilines is 1. The van der Waals surface area contributed by atoms with Gasteiger partial charge >= 0.3 is 0 Å². The Morgan fingerprint density at radius 2 is 1.95 bits per heavy atom. The van der Waals surface area contributed by atoms with Gasteiger partial charge in [-0.1, -0.05) is 29.8 Å². The second kappa shape index (κ2) is 5.97. The minimum Gasteiger partial charge on any atom is -0.399 e. The molecule has 0 radical (unpaired) electrons. The van der Waals surface area contributed by atoms with Crippen molar-refractivity contribution in [2.45, 2.75) is 19.9 Å². The van der Waals surface area contributed by atoms with Crippen molar-refractivity contribution >= 4 is 23.2 Å². The van der Waals surface area contributed by atoms with Gasteiger partial charge in [-0.05, 0) is 49.2 Å². The molecule has 0 fully saturated rings. The second-order valence-electron chi connectivity index (χ2n) is 4.79. The molecule has 3 N–H and O–H groups in total. The monoisotopic (exact) mass is 288 g/mol. The molecule has 4 heteroatoms. The van der Waals surface area contributed by atoms with E-state index in [1.807, 2.05) is 38.1 Å². The summed E-state index contributed by atoms with van der Waals surface area (Å²) in [4.78, 5) is 12.3. The van der Waals surface area contributed by atoms with Gasteiger partial charge in [0.2, 0.25) is 0 Å². The Balaban J connectivity index is 2.17.